The van der Waals surface area contributed by atoms with Crippen LogP contribution in [0.25, 0.3) is 11.2 Å². The van der Waals surface area contributed by atoms with Gasteiger partial charge in [-0.1, -0.05) is 0 Å². The molecule has 30 heavy (non-hydrogen) atoms. The monoisotopic (exact) mass is 439 g/mol. The van der Waals surface area contributed by atoms with E-state index in [1.54, 1.807) is 6.33 Å². The fraction of sp³-hybridized carbons (Fsp3) is 0.722. The van der Waals surface area contributed by atoms with Crippen molar-refractivity contribution in [2.24, 2.45) is 0 Å². The minimum Gasteiger partial charge on any atom is -0.394 e. The first-order valence-electron chi connectivity index (χ1n) is 10.3. The zero-order valence-electron chi connectivity index (χ0n) is 17.2. The van der Waals surface area contributed by atoms with Gasteiger partial charge < -0.3 is 25.0 Å². The first kappa shape index (κ1) is 21.4. The number of hydrogen-bond acceptors (Lipinski definition) is 8. The molecule has 166 valence electrons. The smallest absolute Gasteiger partial charge is 0.234 e. The Bertz CT molecular complexity index is 902. The molecule has 0 saturated carbocycles. The molecule has 2 aromatic rings. The van der Waals surface area contributed by atoms with Gasteiger partial charge in [0, 0.05) is 31.8 Å². The molecule has 4 rings (SSSR count). The largest absolute Gasteiger partial charge is 0.394 e. The van der Waals surface area contributed by atoms with Crippen LogP contribution < -0.4 is 10.6 Å². The third-order valence-electron chi connectivity index (χ3n) is 5.62. The Balaban J connectivity index is 1.63. The van der Waals surface area contributed by atoms with Gasteiger partial charge in [0.15, 0.2) is 17.0 Å². The van der Waals surface area contributed by atoms with Crippen molar-refractivity contribution in [2.45, 2.75) is 57.3 Å². The van der Waals surface area contributed by atoms with Crippen molar-refractivity contribution in [3.63, 3.8) is 0 Å². The normalized spacial score (nSPS) is 24.6. The molecule has 0 radical (unpaired) electrons. The SMILES string of the molecule is CC(C)n1cnc2c(NC3CCN(S(=O)O)C3)nc(NC(CO)C3CCCO3)nc21. The van der Waals surface area contributed by atoms with Gasteiger partial charge in [0.1, 0.15) is 0 Å². The van der Waals surface area contributed by atoms with Gasteiger partial charge in [0.25, 0.3) is 0 Å². The summed E-state index contributed by atoms with van der Waals surface area (Å²) in [6.45, 7) is 5.69. The molecular weight excluding hydrogens is 410 g/mol. The molecule has 4 heterocycles. The molecular formula is C18H29N7O4S. The highest BCUT2D eigenvalue weighted by atomic mass is 32.2. The van der Waals surface area contributed by atoms with Crippen molar-refractivity contribution in [1.29, 1.82) is 0 Å². The molecule has 2 fully saturated rings. The van der Waals surface area contributed by atoms with Crippen LogP contribution in [0.2, 0.25) is 0 Å². The van der Waals surface area contributed by atoms with Crippen LogP contribution in [0, 0.1) is 0 Å². The minimum absolute atomic E-state index is 0.0249. The van der Waals surface area contributed by atoms with Gasteiger partial charge in [-0.3, -0.25) is 4.55 Å². The summed E-state index contributed by atoms with van der Waals surface area (Å²) in [5.74, 6) is 0.962. The summed E-state index contributed by atoms with van der Waals surface area (Å²) in [6.07, 6.45) is 4.24. The van der Waals surface area contributed by atoms with Crippen molar-refractivity contribution >= 4 is 34.2 Å². The van der Waals surface area contributed by atoms with Crippen LogP contribution in [0.4, 0.5) is 11.8 Å². The number of aliphatic hydroxyl groups excluding tert-OH is 1. The second kappa shape index (κ2) is 9.10. The van der Waals surface area contributed by atoms with Gasteiger partial charge >= 0.3 is 0 Å². The molecule has 0 aromatic carbocycles. The summed E-state index contributed by atoms with van der Waals surface area (Å²) in [6, 6.07) is -0.161. The molecule has 2 aliphatic heterocycles. The van der Waals surface area contributed by atoms with Gasteiger partial charge in [0.2, 0.25) is 17.2 Å². The molecule has 0 spiro atoms. The Morgan fingerprint density at radius 3 is 2.83 bits per heavy atom. The van der Waals surface area contributed by atoms with Crippen LogP contribution in [0.1, 0.15) is 39.2 Å². The quantitative estimate of drug-likeness (QED) is 0.443. The summed E-state index contributed by atoms with van der Waals surface area (Å²) in [5.41, 5.74) is 1.34. The van der Waals surface area contributed by atoms with Gasteiger partial charge in [-0.2, -0.15) is 14.3 Å². The van der Waals surface area contributed by atoms with Crippen LogP contribution in [-0.4, -0.2) is 82.2 Å². The number of aromatic nitrogens is 4. The van der Waals surface area contributed by atoms with Gasteiger partial charge in [-0.25, -0.2) is 9.19 Å². The molecule has 2 aromatic heterocycles. The summed E-state index contributed by atoms with van der Waals surface area (Å²) < 4.78 is 29.9. The minimum atomic E-state index is -1.98. The Kier molecular flexibility index (Phi) is 6.48. The van der Waals surface area contributed by atoms with Gasteiger partial charge in [-0.15, -0.1) is 0 Å². The fourth-order valence-electron chi connectivity index (χ4n) is 3.98. The van der Waals surface area contributed by atoms with Crippen LogP contribution in [0.5, 0.6) is 0 Å². The zero-order chi connectivity index (χ0) is 21.3. The topological polar surface area (TPSA) is 138 Å². The summed E-state index contributed by atoms with van der Waals surface area (Å²) in [4.78, 5) is 13.8. The zero-order valence-corrected chi connectivity index (χ0v) is 18.0. The molecule has 0 bridgehead atoms. The fourth-order valence-corrected chi connectivity index (χ4v) is 4.55. The second-order valence-electron chi connectivity index (χ2n) is 8.05. The molecule has 4 atom stereocenters. The van der Waals surface area contributed by atoms with Crippen LogP contribution in [0.15, 0.2) is 6.33 Å². The van der Waals surface area contributed by atoms with E-state index in [1.165, 1.54) is 4.31 Å². The number of ether oxygens (including phenoxy) is 1. The number of anilines is 2. The van der Waals surface area contributed by atoms with Crippen LogP contribution in [0.3, 0.4) is 0 Å². The highest BCUT2D eigenvalue weighted by molar-refractivity contribution is 7.76. The predicted molar refractivity (Wildman–Crippen MR) is 114 cm³/mol. The third-order valence-corrected chi connectivity index (χ3v) is 6.39. The maximum absolute atomic E-state index is 11.3. The standard InChI is InChI=1S/C18H29N7O4S/c1-11(2)25-10-19-15-16(20-12-5-6-24(8-12)30(27)28)22-18(23-17(15)25)21-13(9-26)14-4-3-7-29-14/h10-14,26H,3-9H2,1-2H3,(H,27,28)(H2,20,21,22,23). The molecule has 4 unspecified atom stereocenters. The molecule has 11 nitrogen and oxygen atoms in total. The molecule has 0 amide bonds. The van der Waals surface area contributed by atoms with E-state index in [4.69, 9.17) is 4.74 Å². The lowest BCUT2D eigenvalue weighted by atomic mass is 10.1. The second-order valence-corrected chi connectivity index (χ2v) is 9.02. The number of imidazole rings is 1. The van der Waals surface area contributed by atoms with Crippen molar-refractivity contribution < 1.29 is 18.6 Å². The number of rotatable bonds is 8. The average molecular weight is 440 g/mol. The highest BCUT2D eigenvalue weighted by Crippen LogP contribution is 2.26. The first-order chi connectivity index (χ1) is 14.5. The lowest BCUT2D eigenvalue weighted by Gasteiger charge is -2.23. The Labute approximate surface area is 177 Å². The summed E-state index contributed by atoms with van der Waals surface area (Å²) >= 11 is -1.98. The maximum Gasteiger partial charge on any atom is 0.234 e. The van der Waals surface area contributed by atoms with E-state index in [1.807, 2.05) is 4.57 Å². The van der Waals surface area contributed by atoms with E-state index in [0.717, 1.165) is 19.3 Å². The van der Waals surface area contributed by atoms with E-state index < -0.39 is 11.3 Å². The summed E-state index contributed by atoms with van der Waals surface area (Å²) in [5, 5.41) is 16.5. The van der Waals surface area contributed by atoms with Gasteiger partial charge in [0.05, 0.1) is 25.1 Å². The van der Waals surface area contributed by atoms with E-state index in [9.17, 15) is 13.9 Å². The van der Waals surface area contributed by atoms with E-state index >= 15 is 0 Å². The Hall–Kier alpha value is -1.86. The Morgan fingerprint density at radius 2 is 2.20 bits per heavy atom. The van der Waals surface area contributed by atoms with E-state index in [2.05, 4.69) is 39.4 Å². The molecule has 2 saturated heterocycles. The maximum atomic E-state index is 11.3. The van der Waals surface area contributed by atoms with Crippen molar-refractivity contribution in [1.82, 2.24) is 23.8 Å². The highest BCUT2D eigenvalue weighted by Gasteiger charge is 2.29. The summed E-state index contributed by atoms with van der Waals surface area (Å²) in [7, 11) is 0. The van der Waals surface area contributed by atoms with Gasteiger partial charge in [-0.05, 0) is 33.1 Å². The number of fused-ring (bicyclic) bond motifs is 1. The number of hydrogen-bond donors (Lipinski definition) is 4. The molecule has 12 heteroatoms. The number of nitrogens with zero attached hydrogens (tertiary/aromatic N) is 5. The van der Waals surface area contributed by atoms with Crippen LogP contribution in [-0.2, 0) is 16.0 Å². The van der Waals surface area contributed by atoms with Crippen molar-refractivity contribution in [3.8, 4) is 0 Å². The van der Waals surface area contributed by atoms with Crippen LogP contribution >= 0.6 is 0 Å². The molecule has 4 N–H and O–H groups in total. The number of nitrogens with one attached hydrogen (secondary N) is 2. The number of aliphatic hydroxyl groups is 1. The third kappa shape index (κ3) is 4.42. The Morgan fingerprint density at radius 1 is 1.37 bits per heavy atom. The lowest BCUT2D eigenvalue weighted by Crippen LogP contribution is -2.37. The molecule has 2 aliphatic rings. The van der Waals surface area contributed by atoms with E-state index in [0.29, 0.717) is 42.6 Å². The first-order valence-corrected chi connectivity index (χ1v) is 11.4. The molecule has 0 aliphatic carbocycles. The predicted octanol–water partition coefficient (Wildman–Crippen LogP) is 0.982. The van der Waals surface area contributed by atoms with E-state index in [-0.39, 0.29) is 30.8 Å². The average Bonchev–Trinajstić information content (AvgIpc) is 3.46. The van der Waals surface area contributed by atoms with Crippen molar-refractivity contribution in [3.05, 3.63) is 6.33 Å². The lowest BCUT2D eigenvalue weighted by molar-refractivity contribution is 0.0755. The van der Waals surface area contributed by atoms with Crippen molar-refractivity contribution in [2.75, 3.05) is 36.9 Å².